The average Bonchev–Trinajstić information content (AvgIpc) is 2.52. The molecule has 122 valence electrons. The number of nitrogens with zero attached hydrogens (tertiary/aromatic N) is 2. The third-order valence-electron chi connectivity index (χ3n) is 3.54. The van der Waals surface area contributed by atoms with E-state index in [1.54, 1.807) is 18.2 Å². The van der Waals surface area contributed by atoms with E-state index < -0.39 is 6.03 Å². The number of aryl methyl sites for hydroxylation is 2. The molecule has 0 aliphatic rings. The second kappa shape index (κ2) is 6.33. The zero-order chi connectivity index (χ0) is 17.3. The number of fused-ring (bicyclic) bond motifs is 1. The number of urea groups is 1. The smallest absolute Gasteiger partial charge is 0.323 e. The molecule has 0 unspecified atom stereocenters. The molecule has 0 fully saturated rings. The SMILES string of the molecule is Cc1nc2ccc(NC(=O)Nc3cc(Cl)ccc3O)cc2nc1C. The number of carbonyl (C=O) groups excluding carboxylic acids is 1. The molecular weight excluding hydrogens is 328 g/mol. The minimum absolute atomic E-state index is 0.0648. The van der Waals surface area contributed by atoms with E-state index in [1.807, 2.05) is 13.8 Å². The highest BCUT2D eigenvalue weighted by atomic mass is 35.5. The third-order valence-corrected chi connectivity index (χ3v) is 3.78. The van der Waals surface area contributed by atoms with Gasteiger partial charge in [-0.25, -0.2) is 14.8 Å². The molecule has 24 heavy (non-hydrogen) atoms. The van der Waals surface area contributed by atoms with Crippen LogP contribution in [0.1, 0.15) is 11.4 Å². The first-order chi connectivity index (χ1) is 11.4. The number of hydrogen-bond acceptors (Lipinski definition) is 4. The van der Waals surface area contributed by atoms with E-state index >= 15 is 0 Å². The molecule has 3 aromatic rings. The quantitative estimate of drug-likeness (QED) is 0.607. The Hall–Kier alpha value is -2.86. The summed E-state index contributed by atoms with van der Waals surface area (Å²) in [6.07, 6.45) is 0. The lowest BCUT2D eigenvalue weighted by Crippen LogP contribution is -2.19. The summed E-state index contributed by atoms with van der Waals surface area (Å²) in [6, 6.07) is 9.19. The molecular formula is C17H15ClN4O2. The third kappa shape index (κ3) is 3.38. The van der Waals surface area contributed by atoms with Gasteiger partial charge in [0.1, 0.15) is 5.75 Å². The minimum Gasteiger partial charge on any atom is -0.506 e. The van der Waals surface area contributed by atoms with Gasteiger partial charge in [-0.3, -0.25) is 0 Å². The highest BCUT2D eigenvalue weighted by Gasteiger charge is 2.09. The van der Waals surface area contributed by atoms with Gasteiger partial charge in [0.05, 0.1) is 28.1 Å². The van der Waals surface area contributed by atoms with Crippen LogP contribution in [0.25, 0.3) is 11.0 Å². The Bertz CT molecular complexity index is 943. The maximum Gasteiger partial charge on any atom is 0.323 e. The van der Waals surface area contributed by atoms with E-state index in [1.165, 1.54) is 18.2 Å². The molecule has 0 saturated heterocycles. The van der Waals surface area contributed by atoms with E-state index in [2.05, 4.69) is 20.6 Å². The van der Waals surface area contributed by atoms with Crippen LogP contribution in [0.3, 0.4) is 0 Å². The van der Waals surface area contributed by atoms with Crippen molar-refractivity contribution < 1.29 is 9.90 Å². The van der Waals surface area contributed by atoms with Crippen molar-refractivity contribution in [2.24, 2.45) is 0 Å². The van der Waals surface area contributed by atoms with Crippen molar-refractivity contribution in [1.29, 1.82) is 0 Å². The van der Waals surface area contributed by atoms with Gasteiger partial charge < -0.3 is 15.7 Å². The molecule has 3 rings (SSSR count). The fourth-order valence-electron chi connectivity index (χ4n) is 2.20. The van der Waals surface area contributed by atoms with Crippen molar-refractivity contribution in [1.82, 2.24) is 9.97 Å². The number of aromatic nitrogens is 2. The maximum absolute atomic E-state index is 12.1. The summed E-state index contributed by atoms with van der Waals surface area (Å²) < 4.78 is 0. The van der Waals surface area contributed by atoms with Crippen LogP contribution >= 0.6 is 11.6 Å². The van der Waals surface area contributed by atoms with E-state index in [0.717, 1.165) is 16.9 Å². The van der Waals surface area contributed by atoms with Gasteiger partial charge in [-0.1, -0.05) is 11.6 Å². The van der Waals surface area contributed by atoms with Crippen molar-refractivity contribution in [3.8, 4) is 5.75 Å². The number of phenols is 1. The topological polar surface area (TPSA) is 87.1 Å². The predicted molar refractivity (Wildman–Crippen MR) is 94.8 cm³/mol. The summed E-state index contributed by atoms with van der Waals surface area (Å²) in [5, 5.41) is 15.4. The monoisotopic (exact) mass is 342 g/mol. The zero-order valence-electron chi connectivity index (χ0n) is 13.1. The van der Waals surface area contributed by atoms with E-state index in [4.69, 9.17) is 11.6 Å². The summed E-state index contributed by atoms with van der Waals surface area (Å²) >= 11 is 5.86. The molecule has 0 saturated carbocycles. The maximum atomic E-state index is 12.1. The Morgan fingerprint density at radius 3 is 2.46 bits per heavy atom. The number of amides is 2. The van der Waals surface area contributed by atoms with Gasteiger partial charge in [-0.2, -0.15) is 0 Å². The minimum atomic E-state index is -0.497. The number of rotatable bonds is 2. The van der Waals surface area contributed by atoms with Crippen LogP contribution in [-0.2, 0) is 0 Å². The molecule has 2 amide bonds. The van der Waals surface area contributed by atoms with Crippen LogP contribution in [0, 0.1) is 13.8 Å². The molecule has 0 radical (unpaired) electrons. The van der Waals surface area contributed by atoms with Gasteiger partial charge in [-0.05, 0) is 50.2 Å². The van der Waals surface area contributed by atoms with Crippen LogP contribution < -0.4 is 10.6 Å². The van der Waals surface area contributed by atoms with Gasteiger partial charge in [0, 0.05) is 10.7 Å². The largest absolute Gasteiger partial charge is 0.506 e. The summed E-state index contributed by atoms with van der Waals surface area (Å²) in [5.74, 6) is -0.0648. The molecule has 2 aromatic carbocycles. The number of phenolic OH excluding ortho intramolecular Hbond substituents is 1. The highest BCUT2D eigenvalue weighted by Crippen LogP contribution is 2.26. The molecule has 0 bridgehead atoms. The van der Waals surface area contributed by atoms with Crippen molar-refractivity contribution in [2.75, 3.05) is 10.6 Å². The first-order valence-corrected chi connectivity index (χ1v) is 7.62. The number of halogens is 1. The Morgan fingerprint density at radius 1 is 1.00 bits per heavy atom. The highest BCUT2D eigenvalue weighted by molar-refractivity contribution is 6.31. The zero-order valence-corrected chi connectivity index (χ0v) is 13.8. The molecule has 0 aliphatic carbocycles. The van der Waals surface area contributed by atoms with E-state index in [-0.39, 0.29) is 11.4 Å². The summed E-state index contributed by atoms with van der Waals surface area (Å²) in [4.78, 5) is 21.0. The molecule has 1 aromatic heterocycles. The average molecular weight is 343 g/mol. The Balaban J connectivity index is 1.80. The lowest BCUT2D eigenvalue weighted by molar-refractivity contribution is 0.262. The first-order valence-electron chi connectivity index (χ1n) is 7.24. The molecule has 0 aliphatic heterocycles. The van der Waals surface area contributed by atoms with Gasteiger partial charge in [0.2, 0.25) is 0 Å². The molecule has 3 N–H and O–H groups in total. The fourth-order valence-corrected chi connectivity index (χ4v) is 2.37. The number of anilines is 2. The normalized spacial score (nSPS) is 10.6. The second-order valence-electron chi connectivity index (χ2n) is 5.34. The van der Waals surface area contributed by atoms with Crippen LogP contribution in [0.2, 0.25) is 5.02 Å². The lowest BCUT2D eigenvalue weighted by Gasteiger charge is -2.10. The van der Waals surface area contributed by atoms with Crippen molar-refractivity contribution in [2.45, 2.75) is 13.8 Å². The van der Waals surface area contributed by atoms with Crippen LogP contribution in [-0.4, -0.2) is 21.1 Å². The van der Waals surface area contributed by atoms with E-state index in [0.29, 0.717) is 16.2 Å². The van der Waals surface area contributed by atoms with Crippen LogP contribution in [0.5, 0.6) is 5.75 Å². The summed E-state index contributed by atoms with van der Waals surface area (Å²) in [5.41, 5.74) is 3.97. The number of nitrogens with one attached hydrogen (secondary N) is 2. The number of benzene rings is 2. The number of carbonyl (C=O) groups is 1. The number of aromatic hydroxyl groups is 1. The molecule has 0 spiro atoms. The molecule has 1 heterocycles. The predicted octanol–water partition coefficient (Wildman–Crippen LogP) is 4.25. The van der Waals surface area contributed by atoms with Gasteiger partial charge in [0.25, 0.3) is 0 Å². The van der Waals surface area contributed by atoms with Gasteiger partial charge in [0.15, 0.2) is 0 Å². The Kier molecular flexibility index (Phi) is 4.22. The van der Waals surface area contributed by atoms with E-state index in [9.17, 15) is 9.90 Å². The molecule has 0 atom stereocenters. The van der Waals surface area contributed by atoms with Gasteiger partial charge in [-0.15, -0.1) is 0 Å². The molecule has 6 nitrogen and oxygen atoms in total. The van der Waals surface area contributed by atoms with Crippen molar-refractivity contribution in [3.05, 3.63) is 52.8 Å². The molecule has 7 heteroatoms. The van der Waals surface area contributed by atoms with Crippen LogP contribution in [0.4, 0.5) is 16.2 Å². The lowest BCUT2D eigenvalue weighted by atomic mass is 10.2. The standard InChI is InChI=1S/C17H15ClN4O2/c1-9-10(2)20-14-8-12(4-5-13(14)19-9)21-17(24)22-15-7-11(18)3-6-16(15)23/h3-8,23H,1-2H3,(H2,21,22,24). The second-order valence-corrected chi connectivity index (χ2v) is 5.77. The Morgan fingerprint density at radius 2 is 1.71 bits per heavy atom. The summed E-state index contributed by atoms with van der Waals surface area (Å²) in [6.45, 7) is 3.79. The van der Waals surface area contributed by atoms with Crippen molar-refractivity contribution >= 4 is 40.0 Å². The number of hydrogen-bond donors (Lipinski definition) is 3. The fraction of sp³-hybridized carbons (Fsp3) is 0.118. The Labute approximate surface area is 143 Å². The van der Waals surface area contributed by atoms with Crippen LogP contribution in [0.15, 0.2) is 36.4 Å². The van der Waals surface area contributed by atoms with Crippen molar-refractivity contribution in [3.63, 3.8) is 0 Å². The summed E-state index contributed by atoms with van der Waals surface area (Å²) in [7, 11) is 0. The first kappa shape index (κ1) is 16.0. The van der Waals surface area contributed by atoms with Gasteiger partial charge >= 0.3 is 6.03 Å².